The molecule has 108 valence electrons. The maximum Gasteiger partial charge on any atom is 0.338 e. The monoisotopic (exact) mass is 356 g/mol. The fourth-order valence-electron chi connectivity index (χ4n) is 1.51. The van der Waals surface area contributed by atoms with Gasteiger partial charge in [-0.25, -0.2) is 9.18 Å². The second kappa shape index (κ2) is 5.83. The van der Waals surface area contributed by atoms with Gasteiger partial charge in [0.25, 0.3) is 0 Å². The number of carbonyl (C=O) groups is 1. The molecule has 1 N–H and O–H groups in total. The van der Waals surface area contributed by atoms with Crippen LogP contribution < -0.4 is 4.74 Å². The number of carboxylic acid groups (broad SMARTS) is 1. The second-order valence-electron chi connectivity index (χ2n) is 3.80. The molecule has 0 unspecified atom stereocenters. The van der Waals surface area contributed by atoms with Crippen LogP contribution in [0, 0.1) is 15.9 Å². The summed E-state index contributed by atoms with van der Waals surface area (Å²) >= 11 is 3.14. The Morgan fingerprint density at radius 2 is 2.10 bits per heavy atom. The van der Waals surface area contributed by atoms with Crippen LogP contribution in [-0.2, 0) is 0 Å². The van der Waals surface area contributed by atoms with Crippen molar-refractivity contribution in [3.05, 3.63) is 56.6 Å². The summed E-state index contributed by atoms with van der Waals surface area (Å²) in [6.45, 7) is 0. The Labute approximate surface area is 125 Å². The van der Waals surface area contributed by atoms with Gasteiger partial charge in [-0.05, 0) is 22.0 Å². The van der Waals surface area contributed by atoms with E-state index < -0.39 is 33.7 Å². The summed E-state index contributed by atoms with van der Waals surface area (Å²) in [4.78, 5) is 24.7. The average molecular weight is 357 g/mol. The van der Waals surface area contributed by atoms with E-state index in [1.807, 2.05) is 0 Å². The minimum Gasteiger partial charge on any atom is -0.478 e. The molecule has 1 aromatic heterocycles. The molecule has 0 aliphatic carbocycles. The molecule has 0 radical (unpaired) electrons. The summed E-state index contributed by atoms with van der Waals surface area (Å²) in [7, 11) is 0. The first kappa shape index (κ1) is 14.9. The van der Waals surface area contributed by atoms with E-state index >= 15 is 0 Å². The molecule has 2 aromatic rings. The van der Waals surface area contributed by atoms with Crippen LogP contribution in [0.25, 0.3) is 0 Å². The summed E-state index contributed by atoms with van der Waals surface area (Å²) in [6.07, 6.45) is 2.74. The molecule has 1 aromatic carbocycles. The second-order valence-corrected chi connectivity index (χ2v) is 4.72. The van der Waals surface area contributed by atoms with Gasteiger partial charge in [0, 0.05) is 16.7 Å². The fraction of sp³-hybridized carbons (Fsp3) is 0. The quantitative estimate of drug-likeness (QED) is 0.665. The van der Waals surface area contributed by atoms with Crippen LogP contribution in [0.5, 0.6) is 11.5 Å². The Kier molecular flexibility index (Phi) is 4.13. The highest BCUT2D eigenvalue weighted by molar-refractivity contribution is 9.10. The molecular formula is C12H6BrFN2O5. The van der Waals surface area contributed by atoms with Crippen LogP contribution in [0.1, 0.15) is 10.4 Å². The molecule has 0 fully saturated rings. The van der Waals surface area contributed by atoms with Gasteiger partial charge in [0.1, 0.15) is 11.6 Å². The van der Waals surface area contributed by atoms with Gasteiger partial charge in [0.2, 0.25) is 5.75 Å². The summed E-state index contributed by atoms with van der Waals surface area (Å²) in [6, 6.07) is 2.74. The largest absolute Gasteiger partial charge is 0.478 e. The number of carboxylic acids is 1. The average Bonchev–Trinajstić information content (AvgIpc) is 2.39. The molecule has 0 bridgehead atoms. The molecular weight excluding hydrogens is 351 g/mol. The Bertz CT molecular complexity index is 738. The standard InChI is InChI=1S/C12H6BrFN2O5/c13-6-1-7(5-15-4-6)21-11-2-8(12(17)18)9(14)3-10(11)16(19)20/h1-5H,(H,17,18). The van der Waals surface area contributed by atoms with Gasteiger partial charge in [-0.1, -0.05) is 0 Å². The summed E-state index contributed by atoms with van der Waals surface area (Å²) in [5.74, 6) is -3.03. The van der Waals surface area contributed by atoms with Crippen LogP contribution >= 0.6 is 15.9 Å². The normalized spacial score (nSPS) is 10.2. The number of pyridine rings is 1. The molecule has 0 spiro atoms. The predicted molar refractivity (Wildman–Crippen MR) is 72.0 cm³/mol. The lowest BCUT2D eigenvalue weighted by Gasteiger charge is -2.08. The van der Waals surface area contributed by atoms with Crippen LogP contribution in [0.2, 0.25) is 0 Å². The van der Waals surface area contributed by atoms with Crippen LogP contribution in [0.15, 0.2) is 35.1 Å². The smallest absolute Gasteiger partial charge is 0.338 e. The van der Waals surface area contributed by atoms with E-state index in [0.29, 0.717) is 10.5 Å². The topological polar surface area (TPSA) is 103 Å². The number of hydrogen-bond donors (Lipinski definition) is 1. The number of nitrogens with zero attached hydrogens (tertiary/aromatic N) is 2. The van der Waals surface area contributed by atoms with E-state index in [-0.39, 0.29) is 5.75 Å². The zero-order valence-electron chi connectivity index (χ0n) is 10.1. The Morgan fingerprint density at radius 3 is 2.67 bits per heavy atom. The van der Waals surface area contributed by atoms with E-state index in [0.717, 1.165) is 6.07 Å². The highest BCUT2D eigenvalue weighted by Gasteiger charge is 2.23. The number of nitro groups is 1. The van der Waals surface area contributed by atoms with Crippen LogP contribution in [0.3, 0.4) is 0 Å². The van der Waals surface area contributed by atoms with Crippen molar-refractivity contribution in [2.45, 2.75) is 0 Å². The van der Waals surface area contributed by atoms with Crippen molar-refractivity contribution < 1.29 is 24.0 Å². The number of hydrogen-bond acceptors (Lipinski definition) is 5. The number of ether oxygens (including phenoxy) is 1. The van der Waals surface area contributed by atoms with Gasteiger partial charge >= 0.3 is 11.7 Å². The highest BCUT2D eigenvalue weighted by atomic mass is 79.9. The van der Waals surface area contributed by atoms with E-state index in [2.05, 4.69) is 20.9 Å². The lowest BCUT2D eigenvalue weighted by atomic mass is 10.1. The molecule has 0 saturated carbocycles. The summed E-state index contributed by atoms with van der Waals surface area (Å²) < 4.78 is 19.3. The van der Waals surface area contributed by atoms with Gasteiger partial charge in [-0.2, -0.15) is 0 Å². The predicted octanol–water partition coefficient (Wildman–Crippen LogP) is 3.38. The van der Waals surface area contributed by atoms with E-state index in [1.165, 1.54) is 18.5 Å². The van der Waals surface area contributed by atoms with Crippen molar-refractivity contribution in [2.75, 3.05) is 0 Å². The van der Waals surface area contributed by atoms with Crippen molar-refractivity contribution in [3.63, 3.8) is 0 Å². The first-order chi connectivity index (χ1) is 9.88. The summed E-state index contributed by atoms with van der Waals surface area (Å²) in [5.41, 5.74) is -1.41. The zero-order valence-corrected chi connectivity index (χ0v) is 11.7. The molecule has 0 amide bonds. The molecule has 0 aliphatic heterocycles. The van der Waals surface area contributed by atoms with Gasteiger partial charge in [-0.3, -0.25) is 15.1 Å². The number of rotatable bonds is 4. The minimum absolute atomic E-state index is 0.135. The van der Waals surface area contributed by atoms with Gasteiger partial charge < -0.3 is 9.84 Å². The number of aromatic nitrogens is 1. The molecule has 0 saturated heterocycles. The highest BCUT2D eigenvalue weighted by Crippen LogP contribution is 2.34. The Morgan fingerprint density at radius 1 is 1.38 bits per heavy atom. The van der Waals surface area contributed by atoms with Crippen LogP contribution in [-0.4, -0.2) is 21.0 Å². The Hall–Kier alpha value is -2.55. The minimum atomic E-state index is -1.56. The van der Waals surface area contributed by atoms with E-state index in [1.54, 1.807) is 0 Å². The SMILES string of the molecule is O=C(O)c1cc(Oc2cncc(Br)c2)c([N+](=O)[O-])cc1F. The fourth-order valence-corrected chi connectivity index (χ4v) is 1.85. The number of benzene rings is 1. The van der Waals surface area contributed by atoms with Crippen molar-refractivity contribution in [3.8, 4) is 11.5 Å². The number of aromatic carboxylic acids is 1. The molecule has 0 atom stereocenters. The maximum atomic E-state index is 13.5. The molecule has 21 heavy (non-hydrogen) atoms. The third-order valence-electron chi connectivity index (χ3n) is 2.38. The maximum absolute atomic E-state index is 13.5. The lowest BCUT2D eigenvalue weighted by Crippen LogP contribution is -2.03. The molecule has 0 aliphatic rings. The number of halogens is 2. The summed E-state index contributed by atoms with van der Waals surface area (Å²) in [5, 5.41) is 19.7. The first-order valence-corrected chi connectivity index (χ1v) is 6.17. The molecule has 7 nitrogen and oxygen atoms in total. The Balaban J connectivity index is 2.52. The molecule has 9 heteroatoms. The van der Waals surface area contributed by atoms with Gasteiger partial charge in [0.15, 0.2) is 0 Å². The third-order valence-corrected chi connectivity index (χ3v) is 2.82. The first-order valence-electron chi connectivity index (χ1n) is 5.38. The van der Waals surface area contributed by atoms with E-state index in [9.17, 15) is 19.3 Å². The molecule has 1 heterocycles. The number of nitro benzene ring substituents is 1. The van der Waals surface area contributed by atoms with E-state index in [4.69, 9.17) is 9.84 Å². The lowest BCUT2D eigenvalue weighted by molar-refractivity contribution is -0.385. The molecule has 2 rings (SSSR count). The zero-order chi connectivity index (χ0) is 15.6. The third kappa shape index (κ3) is 3.31. The van der Waals surface area contributed by atoms with Crippen molar-refractivity contribution >= 4 is 27.6 Å². The van der Waals surface area contributed by atoms with Crippen molar-refractivity contribution in [1.82, 2.24) is 4.98 Å². The van der Waals surface area contributed by atoms with Crippen molar-refractivity contribution in [1.29, 1.82) is 0 Å². The van der Waals surface area contributed by atoms with Crippen LogP contribution in [0.4, 0.5) is 10.1 Å². The van der Waals surface area contributed by atoms with Gasteiger partial charge in [0.05, 0.1) is 22.7 Å². The van der Waals surface area contributed by atoms with Crippen molar-refractivity contribution in [2.24, 2.45) is 0 Å². The van der Waals surface area contributed by atoms with Gasteiger partial charge in [-0.15, -0.1) is 0 Å².